The lowest BCUT2D eigenvalue weighted by molar-refractivity contribution is 0.0943. The van der Waals surface area contributed by atoms with Crippen molar-refractivity contribution in [1.29, 1.82) is 0 Å². The zero-order valence-electron chi connectivity index (χ0n) is 15.2. The number of hydrogen-bond acceptors (Lipinski definition) is 3. The molecule has 0 unspecified atom stereocenters. The monoisotopic (exact) mass is 391 g/mol. The van der Waals surface area contributed by atoms with E-state index in [0.717, 1.165) is 16.9 Å². The number of aryl methyl sites for hydroxylation is 1. The average molecular weight is 392 g/mol. The Morgan fingerprint density at radius 1 is 1.11 bits per heavy atom. The van der Waals surface area contributed by atoms with E-state index in [-0.39, 0.29) is 5.91 Å². The summed E-state index contributed by atoms with van der Waals surface area (Å²) < 4.78 is 3.58. The molecule has 6 nitrogen and oxygen atoms in total. The van der Waals surface area contributed by atoms with Gasteiger partial charge in [-0.3, -0.25) is 9.78 Å². The maximum Gasteiger partial charge on any atom is 0.270 e. The van der Waals surface area contributed by atoms with Gasteiger partial charge in [0.05, 0.1) is 11.4 Å². The van der Waals surface area contributed by atoms with E-state index in [1.807, 2.05) is 54.2 Å². The minimum Gasteiger partial charge on any atom is -0.349 e. The zero-order valence-corrected chi connectivity index (χ0v) is 16.0. The Labute approximate surface area is 167 Å². The molecule has 28 heavy (non-hydrogen) atoms. The van der Waals surface area contributed by atoms with Crippen molar-refractivity contribution < 1.29 is 4.79 Å². The van der Waals surface area contributed by atoms with E-state index < -0.39 is 0 Å². The standard InChI is InChI=1S/C21H18ClN5O/c1-26-11-3-6-19(26)18-13-20(21(28)24-14-15-7-9-23-10-8-15)27(25-18)17-5-2-4-16(22)12-17/h2-13H,14H2,1H3,(H,24,28). The molecule has 0 saturated carbocycles. The van der Waals surface area contributed by atoms with Gasteiger partial charge in [0.15, 0.2) is 0 Å². The molecule has 0 fully saturated rings. The second-order valence-corrected chi connectivity index (χ2v) is 6.79. The van der Waals surface area contributed by atoms with Crippen LogP contribution in [-0.4, -0.2) is 25.2 Å². The second-order valence-electron chi connectivity index (χ2n) is 6.35. The normalized spacial score (nSPS) is 10.8. The largest absolute Gasteiger partial charge is 0.349 e. The van der Waals surface area contributed by atoms with Crippen LogP contribution in [0.25, 0.3) is 17.1 Å². The van der Waals surface area contributed by atoms with Crippen LogP contribution in [0.4, 0.5) is 0 Å². The minimum absolute atomic E-state index is 0.218. The van der Waals surface area contributed by atoms with E-state index in [9.17, 15) is 4.79 Å². The number of carbonyl (C=O) groups excluding carboxylic acids is 1. The molecule has 0 atom stereocenters. The first kappa shape index (κ1) is 18.0. The van der Waals surface area contributed by atoms with Crippen LogP contribution in [0.1, 0.15) is 16.1 Å². The van der Waals surface area contributed by atoms with Crippen LogP contribution in [0.5, 0.6) is 0 Å². The van der Waals surface area contributed by atoms with Crippen LogP contribution in [0, 0.1) is 0 Å². The fraction of sp³-hybridized carbons (Fsp3) is 0.0952. The maximum absolute atomic E-state index is 12.9. The van der Waals surface area contributed by atoms with Gasteiger partial charge < -0.3 is 9.88 Å². The molecule has 0 aliphatic carbocycles. The van der Waals surface area contributed by atoms with Crippen LogP contribution in [0.3, 0.4) is 0 Å². The van der Waals surface area contributed by atoms with Gasteiger partial charge in [-0.05, 0) is 54.1 Å². The van der Waals surface area contributed by atoms with Crippen molar-refractivity contribution in [1.82, 2.24) is 24.6 Å². The SMILES string of the molecule is Cn1cccc1-c1cc(C(=O)NCc2ccncc2)n(-c2cccc(Cl)c2)n1. The van der Waals surface area contributed by atoms with E-state index >= 15 is 0 Å². The quantitative estimate of drug-likeness (QED) is 0.562. The Morgan fingerprint density at radius 3 is 2.64 bits per heavy atom. The van der Waals surface area contributed by atoms with Crippen molar-refractivity contribution >= 4 is 17.5 Å². The van der Waals surface area contributed by atoms with Crippen LogP contribution in [0.2, 0.25) is 5.02 Å². The van der Waals surface area contributed by atoms with Gasteiger partial charge in [-0.25, -0.2) is 4.68 Å². The number of carbonyl (C=O) groups is 1. The summed E-state index contributed by atoms with van der Waals surface area (Å²) in [5.74, 6) is -0.218. The van der Waals surface area contributed by atoms with E-state index in [2.05, 4.69) is 15.4 Å². The summed E-state index contributed by atoms with van der Waals surface area (Å²) >= 11 is 6.15. The van der Waals surface area contributed by atoms with Gasteiger partial charge in [0.1, 0.15) is 11.4 Å². The molecule has 3 aromatic heterocycles. The third-order valence-electron chi connectivity index (χ3n) is 4.40. The van der Waals surface area contributed by atoms with Crippen LogP contribution in [-0.2, 0) is 13.6 Å². The van der Waals surface area contributed by atoms with E-state index in [0.29, 0.717) is 23.0 Å². The summed E-state index contributed by atoms with van der Waals surface area (Å²) in [4.78, 5) is 16.9. The first-order chi connectivity index (χ1) is 13.6. The molecular weight excluding hydrogens is 374 g/mol. The van der Waals surface area contributed by atoms with Gasteiger partial charge in [0.2, 0.25) is 0 Å². The highest BCUT2D eigenvalue weighted by Gasteiger charge is 2.18. The van der Waals surface area contributed by atoms with Gasteiger partial charge in [-0.2, -0.15) is 5.10 Å². The minimum atomic E-state index is -0.218. The van der Waals surface area contributed by atoms with E-state index in [1.54, 1.807) is 35.3 Å². The molecule has 140 valence electrons. The molecular formula is C21H18ClN5O. The summed E-state index contributed by atoms with van der Waals surface area (Å²) in [6, 6.07) is 16.7. The molecule has 7 heteroatoms. The van der Waals surface area contributed by atoms with Crippen LogP contribution in [0.15, 0.2) is 73.2 Å². The lowest BCUT2D eigenvalue weighted by Gasteiger charge is -2.08. The molecule has 0 radical (unpaired) electrons. The molecule has 0 saturated heterocycles. The highest BCUT2D eigenvalue weighted by atomic mass is 35.5. The molecule has 4 aromatic rings. The second kappa shape index (κ2) is 7.70. The number of halogens is 1. The number of aromatic nitrogens is 4. The summed E-state index contributed by atoms with van der Waals surface area (Å²) in [6.07, 6.45) is 5.34. The van der Waals surface area contributed by atoms with Crippen molar-refractivity contribution in [3.05, 3.63) is 89.5 Å². The third kappa shape index (κ3) is 3.68. The van der Waals surface area contributed by atoms with Crippen LogP contribution >= 0.6 is 11.6 Å². The third-order valence-corrected chi connectivity index (χ3v) is 4.64. The van der Waals surface area contributed by atoms with Crippen molar-refractivity contribution in [3.63, 3.8) is 0 Å². The van der Waals surface area contributed by atoms with Crippen LogP contribution < -0.4 is 5.32 Å². The number of benzene rings is 1. The number of pyridine rings is 1. The number of amides is 1. The highest BCUT2D eigenvalue weighted by Crippen LogP contribution is 2.23. The number of hydrogen-bond donors (Lipinski definition) is 1. The van der Waals surface area contributed by atoms with Gasteiger partial charge >= 0.3 is 0 Å². The molecule has 0 aliphatic rings. The lowest BCUT2D eigenvalue weighted by atomic mass is 10.2. The summed E-state index contributed by atoms with van der Waals surface area (Å²) in [5.41, 5.74) is 3.76. The Morgan fingerprint density at radius 2 is 1.93 bits per heavy atom. The van der Waals surface area contributed by atoms with Gasteiger partial charge in [0.25, 0.3) is 5.91 Å². The molecule has 0 spiro atoms. The average Bonchev–Trinajstić information content (AvgIpc) is 3.33. The summed E-state index contributed by atoms with van der Waals surface area (Å²) in [6.45, 7) is 0.404. The van der Waals surface area contributed by atoms with Crippen molar-refractivity contribution in [2.45, 2.75) is 6.54 Å². The molecule has 1 N–H and O–H groups in total. The molecule has 1 amide bonds. The number of nitrogens with zero attached hydrogens (tertiary/aromatic N) is 4. The predicted octanol–water partition coefficient (Wildman–Crippen LogP) is 3.86. The number of rotatable bonds is 5. The maximum atomic E-state index is 12.9. The molecule has 1 aromatic carbocycles. The van der Waals surface area contributed by atoms with Crippen molar-refractivity contribution in [2.24, 2.45) is 7.05 Å². The Kier molecular flexibility index (Phi) is 4.95. The number of nitrogens with one attached hydrogen (secondary N) is 1. The fourth-order valence-corrected chi connectivity index (χ4v) is 3.16. The zero-order chi connectivity index (χ0) is 19.5. The Bertz CT molecular complexity index is 1120. The van der Waals surface area contributed by atoms with Crippen molar-refractivity contribution in [3.8, 4) is 17.1 Å². The van der Waals surface area contributed by atoms with Crippen molar-refractivity contribution in [2.75, 3.05) is 0 Å². The summed E-state index contributed by atoms with van der Waals surface area (Å²) in [5, 5.41) is 8.19. The Balaban J connectivity index is 1.71. The van der Waals surface area contributed by atoms with E-state index in [4.69, 9.17) is 11.6 Å². The molecule has 0 aliphatic heterocycles. The van der Waals surface area contributed by atoms with E-state index in [1.165, 1.54) is 0 Å². The molecule has 0 bridgehead atoms. The summed E-state index contributed by atoms with van der Waals surface area (Å²) in [7, 11) is 1.94. The lowest BCUT2D eigenvalue weighted by Crippen LogP contribution is -2.25. The topological polar surface area (TPSA) is 64.7 Å². The van der Waals surface area contributed by atoms with Gasteiger partial charge in [-0.1, -0.05) is 17.7 Å². The molecule has 4 rings (SSSR count). The van der Waals surface area contributed by atoms with Gasteiger partial charge in [-0.15, -0.1) is 0 Å². The van der Waals surface area contributed by atoms with Gasteiger partial charge in [0, 0.05) is 37.2 Å². The fourth-order valence-electron chi connectivity index (χ4n) is 2.97. The molecule has 3 heterocycles. The predicted molar refractivity (Wildman–Crippen MR) is 108 cm³/mol. The smallest absolute Gasteiger partial charge is 0.270 e. The first-order valence-corrected chi connectivity index (χ1v) is 9.14. The highest BCUT2D eigenvalue weighted by molar-refractivity contribution is 6.30. The Hall–Kier alpha value is -3.38. The first-order valence-electron chi connectivity index (χ1n) is 8.76.